The number of hydrogen-bond acceptors (Lipinski definition) is 6. The van der Waals surface area contributed by atoms with Gasteiger partial charge in [-0.1, -0.05) is 6.92 Å². The van der Waals surface area contributed by atoms with Gasteiger partial charge in [0, 0.05) is 12.4 Å². The maximum atomic E-state index is 12.4. The van der Waals surface area contributed by atoms with Crippen LogP contribution in [0.3, 0.4) is 0 Å². The van der Waals surface area contributed by atoms with Gasteiger partial charge in [0.1, 0.15) is 11.2 Å². The van der Waals surface area contributed by atoms with Gasteiger partial charge in [0.25, 0.3) is 0 Å². The van der Waals surface area contributed by atoms with Crippen molar-refractivity contribution in [3.63, 3.8) is 0 Å². The van der Waals surface area contributed by atoms with Crippen LogP contribution in [0.2, 0.25) is 0 Å². The maximum Gasteiger partial charge on any atom is 0.427 e. The van der Waals surface area contributed by atoms with Crippen LogP contribution in [-0.4, -0.2) is 33.4 Å². The Balaban J connectivity index is 3.14. The van der Waals surface area contributed by atoms with Crippen molar-refractivity contribution in [2.24, 2.45) is 0 Å². The average molecular weight is 323 g/mol. The fourth-order valence-corrected chi connectivity index (χ4v) is 1.50. The summed E-state index contributed by atoms with van der Waals surface area (Å²) in [6.07, 6.45) is 2.11. The highest BCUT2D eigenvalue weighted by atomic mass is 16.6. The van der Waals surface area contributed by atoms with Gasteiger partial charge in [-0.2, -0.15) is 0 Å². The molecule has 1 rings (SSSR count). The van der Waals surface area contributed by atoms with Gasteiger partial charge >= 0.3 is 12.2 Å². The standard InChI is InChI=1S/C16H25N3O4/c1-8-11-9-17-12(18-10-11)19(13(20)22-15(2,3)4)14(21)23-16(5,6)7/h9-10H,8H2,1-7H3. The van der Waals surface area contributed by atoms with Crippen molar-refractivity contribution in [2.75, 3.05) is 4.90 Å². The third-order valence-corrected chi connectivity index (χ3v) is 2.45. The molecule has 0 aliphatic carbocycles. The summed E-state index contributed by atoms with van der Waals surface area (Å²) in [5.41, 5.74) is -0.636. The van der Waals surface area contributed by atoms with Crippen LogP contribution < -0.4 is 4.90 Å². The molecule has 0 aliphatic heterocycles. The van der Waals surface area contributed by atoms with E-state index in [0.717, 1.165) is 12.0 Å². The molecule has 1 aromatic rings. The molecule has 0 aliphatic rings. The van der Waals surface area contributed by atoms with Gasteiger partial charge in [-0.15, -0.1) is 4.90 Å². The number of carbonyl (C=O) groups is 2. The fraction of sp³-hybridized carbons (Fsp3) is 0.625. The number of aryl methyl sites for hydroxylation is 1. The monoisotopic (exact) mass is 323 g/mol. The Bertz CT molecular complexity index is 528. The van der Waals surface area contributed by atoms with E-state index >= 15 is 0 Å². The zero-order chi connectivity index (χ0) is 17.8. The van der Waals surface area contributed by atoms with Gasteiger partial charge in [0.15, 0.2) is 0 Å². The Labute approximate surface area is 137 Å². The van der Waals surface area contributed by atoms with Crippen molar-refractivity contribution in [3.8, 4) is 0 Å². The first-order valence-corrected chi connectivity index (χ1v) is 7.50. The van der Waals surface area contributed by atoms with E-state index in [0.29, 0.717) is 4.90 Å². The van der Waals surface area contributed by atoms with Crippen LogP contribution in [0.1, 0.15) is 54.0 Å². The molecule has 23 heavy (non-hydrogen) atoms. The van der Waals surface area contributed by atoms with Gasteiger partial charge < -0.3 is 9.47 Å². The lowest BCUT2D eigenvalue weighted by Gasteiger charge is -2.27. The molecule has 0 atom stereocenters. The Morgan fingerprint density at radius 1 is 0.957 bits per heavy atom. The summed E-state index contributed by atoms with van der Waals surface area (Å²) >= 11 is 0. The first kappa shape index (κ1) is 18.9. The minimum Gasteiger partial charge on any atom is -0.443 e. The number of amides is 2. The summed E-state index contributed by atoms with van der Waals surface area (Å²) in [6, 6.07) is 0. The summed E-state index contributed by atoms with van der Waals surface area (Å²) in [6.45, 7) is 12.2. The van der Waals surface area contributed by atoms with E-state index in [9.17, 15) is 9.59 Å². The molecular weight excluding hydrogens is 298 g/mol. The molecule has 1 aromatic heterocycles. The van der Waals surface area contributed by atoms with E-state index in [4.69, 9.17) is 9.47 Å². The van der Waals surface area contributed by atoms with Gasteiger partial charge in [0.2, 0.25) is 5.95 Å². The van der Waals surface area contributed by atoms with E-state index < -0.39 is 23.4 Å². The van der Waals surface area contributed by atoms with Gasteiger partial charge in [0.05, 0.1) is 0 Å². The largest absolute Gasteiger partial charge is 0.443 e. The minimum atomic E-state index is -0.879. The average Bonchev–Trinajstić information content (AvgIpc) is 2.35. The Morgan fingerprint density at radius 3 is 1.65 bits per heavy atom. The Kier molecular flexibility index (Phi) is 5.69. The molecule has 0 aromatic carbocycles. The lowest BCUT2D eigenvalue weighted by molar-refractivity contribution is 0.0427. The molecule has 0 radical (unpaired) electrons. The van der Waals surface area contributed by atoms with Crippen LogP contribution in [0.4, 0.5) is 15.5 Å². The molecular formula is C16H25N3O4. The quantitative estimate of drug-likeness (QED) is 0.825. The van der Waals surface area contributed by atoms with Gasteiger partial charge in [-0.25, -0.2) is 19.6 Å². The molecule has 1 heterocycles. The lowest BCUT2D eigenvalue weighted by Crippen LogP contribution is -2.44. The number of anilines is 1. The van der Waals surface area contributed by atoms with E-state index in [1.165, 1.54) is 0 Å². The summed E-state index contributed by atoms with van der Waals surface area (Å²) in [5, 5.41) is 0. The molecule has 2 amide bonds. The van der Waals surface area contributed by atoms with Crippen molar-refractivity contribution in [3.05, 3.63) is 18.0 Å². The normalized spacial score (nSPS) is 11.8. The van der Waals surface area contributed by atoms with E-state index in [1.54, 1.807) is 53.9 Å². The lowest BCUT2D eigenvalue weighted by atomic mass is 10.2. The molecule has 7 heteroatoms. The number of hydrogen-bond donors (Lipinski definition) is 0. The van der Waals surface area contributed by atoms with Crippen LogP contribution in [0, 0.1) is 0 Å². The van der Waals surface area contributed by atoms with Crippen LogP contribution in [0.15, 0.2) is 12.4 Å². The third kappa shape index (κ3) is 6.22. The van der Waals surface area contributed by atoms with Crippen molar-refractivity contribution < 1.29 is 19.1 Å². The maximum absolute atomic E-state index is 12.4. The van der Waals surface area contributed by atoms with Crippen LogP contribution in [0.25, 0.3) is 0 Å². The number of aromatic nitrogens is 2. The molecule has 7 nitrogen and oxygen atoms in total. The number of rotatable bonds is 2. The Morgan fingerprint density at radius 2 is 1.35 bits per heavy atom. The minimum absolute atomic E-state index is 0.0781. The highest BCUT2D eigenvalue weighted by molar-refractivity contribution is 6.08. The number of nitrogens with zero attached hydrogens (tertiary/aromatic N) is 3. The zero-order valence-corrected chi connectivity index (χ0v) is 14.8. The number of ether oxygens (including phenoxy) is 2. The van der Waals surface area contributed by atoms with Crippen molar-refractivity contribution in [1.82, 2.24) is 9.97 Å². The molecule has 0 saturated heterocycles. The van der Waals surface area contributed by atoms with Crippen molar-refractivity contribution >= 4 is 18.1 Å². The van der Waals surface area contributed by atoms with Gasteiger partial charge in [-0.3, -0.25) is 0 Å². The van der Waals surface area contributed by atoms with Gasteiger partial charge in [-0.05, 0) is 53.5 Å². The third-order valence-electron chi connectivity index (χ3n) is 2.45. The number of carbonyl (C=O) groups excluding carboxylic acids is 2. The molecule has 0 saturated carbocycles. The molecule has 128 valence electrons. The topological polar surface area (TPSA) is 81.6 Å². The van der Waals surface area contributed by atoms with E-state index in [1.807, 2.05) is 6.92 Å². The predicted molar refractivity (Wildman–Crippen MR) is 86.4 cm³/mol. The van der Waals surface area contributed by atoms with Crippen LogP contribution in [-0.2, 0) is 15.9 Å². The summed E-state index contributed by atoms with van der Waals surface area (Å²) in [7, 11) is 0. The van der Waals surface area contributed by atoms with E-state index in [-0.39, 0.29) is 5.95 Å². The fourth-order valence-electron chi connectivity index (χ4n) is 1.50. The molecule has 0 bridgehead atoms. The molecule has 0 spiro atoms. The molecule has 0 N–H and O–H groups in total. The number of imide groups is 1. The first-order chi connectivity index (χ1) is 10.4. The summed E-state index contributed by atoms with van der Waals surface area (Å²) < 4.78 is 10.5. The summed E-state index contributed by atoms with van der Waals surface area (Å²) in [5.74, 6) is -0.0781. The Hall–Kier alpha value is -2.18. The van der Waals surface area contributed by atoms with Crippen LogP contribution in [0.5, 0.6) is 0 Å². The second-order valence-corrected chi connectivity index (χ2v) is 7.04. The SMILES string of the molecule is CCc1cnc(N(C(=O)OC(C)(C)C)C(=O)OC(C)(C)C)nc1. The highest BCUT2D eigenvalue weighted by Crippen LogP contribution is 2.18. The predicted octanol–water partition coefficient (Wildman–Crippen LogP) is 3.72. The molecule has 0 unspecified atom stereocenters. The molecule has 0 fully saturated rings. The zero-order valence-electron chi connectivity index (χ0n) is 14.8. The highest BCUT2D eigenvalue weighted by Gasteiger charge is 2.34. The summed E-state index contributed by atoms with van der Waals surface area (Å²) in [4.78, 5) is 33.6. The van der Waals surface area contributed by atoms with E-state index in [2.05, 4.69) is 9.97 Å². The smallest absolute Gasteiger partial charge is 0.427 e. The second-order valence-electron chi connectivity index (χ2n) is 7.04. The van der Waals surface area contributed by atoms with Crippen molar-refractivity contribution in [1.29, 1.82) is 0 Å². The second kappa shape index (κ2) is 6.93. The van der Waals surface area contributed by atoms with Crippen molar-refractivity contribution in [2.45, 2.75) is 66.1 Å². The first-order valence-electron chi connectivity index (χ1n) is 7.50. The van der Waals surface area contributed by atoms with Crippen LogP contribution >= 0.6 is 0 Å².